The van der Waals surface area contributed by atoms with Crippen molar-refractivity contribution in [1.29, 1.82) is 0 Å². The second-order valence-electron chi connectivity index (χ2n) is 6.13. The van der Waals surface area contributed by atoms with Crippen molar-refractivity contribution >= 4 is 9.84 Å². The second-order valence-corrected chi connectivity index (χ2v) is 8.36. The van der Waals surface area contributed by atoms with Gasteiger partial charge in [0.1, 0.15) is 0 Å². The average molecular weight is 260 g/mol. The SMILES string of the molecule is CC1CN(C2CCS(=O)(=O)C2)C(C)(C)CCN1. The van der Waals surface area contributed by atoms with E-state index < -0.39 is 9.84 Å². The zero-order chi connectivity index (χ0) is 12.7. The standard InChI is InChI=1S/C12H24N2O2S/c1-10-8-14(12(2,3)5-6-13-10)11-4-7-17(15,16)9-11/h10-11,13H,4-9H2,1-3H3. The molecule has 0 radical (unpaired) electrons. The highest BCUT2D eigenvalue weighted by Crippen LogP contribution is 2.29. The Morgan fingerprint density at radius 3 is 2.65 bits per heavy atom. The third-order valence-electron chi connectivity index (χ3n) is 4.13. The zero-order valence-corrected chi connectivity index (χ0v) is 11.9. The topological polar surface area (TPSA) is 49.4 Å². The van der Waals surface area contributed by atoms with E-state index in [2.05, 4.69) is 31.0 Å². The first-order valence-corrected chi connectivity index (χ1v) is 8.33. The molecule has 0 aliphatic carbocycles. The van der Waals surface area contributed by atoms with Gasteiger partial charge in [-0.3, -0.25) is 4.90 Å². The van der Waals surface area contributed by atoms with Crippen molar-refractivity contribution in [2.75, 3.05) is 24.6 Å². The molecule has 0 bridgehead atoms. The highest BCUT2D eigenvalue weighted by atomic mass is 32.2. The number of nitrogens with one attached hydrogen (secondary N) is 1. The molecular weight excluding hydrogens is 236 g/mol. The Hall–Kier alpha value is -0.130. The predicted molar refractivity (Wildman–Crippen MR) is 69.9 cm³/mol. The quantitative estimate of drug-likeness (QED) is 0.751. The fourth-order valence-corrected chi connectivity index (χ4v) is 4.77. The van der Waals surface area contributed by atoms with Crippen LogP contribution in [0.4, 0.5) is 0 Å². The molecule has 5 heteroatoms. The minimum absolute atomic E-state index is 0.0995. The number of nitrogens with zero attached hydrogens (tertiary/aromatic N) is 1. The summed E-state index contributed by atoms with van der Waals surface area (Å²) < 4.78 is 23.2. The third kappa shape index (κ3) is 3.01. The van der Waals surface area contributed by atoms with Gasteiger partial charge < -0.3 is 5.32 Å². The predicted octanol–water partition coefficient (Wildman–Crippen LogP) is 0.636. The van der Waals surface area contributed by atoms with Crippen LogP contribution in [0, 0.1) is 0 Å². The number of hydrogen-bond donors (Lipinski definition) is 1. The summed E-state index contributed by atoms with van der Waals surface area (Å²) in [5.74, 6) is 0.717. The molecule has 2 heterocycles. The van der Waals surface area contributed by atoms with E-state index in [1.54, 1.807) is 0 Å². The van der Waals surface area contributed by atoms with Crippen molar-refractivity contribution in [3.63, 3.8) is 0 Å². The van der Waals surface area contributed by atoms with Crippen LogP contribution in [0.15, 0.2) is 0 Å². The summed E-state index contributed by atoms with van der Waals surface area (Å²) >= 11 is 0. The summed E-state index contributed by atoms with van der Waals surface area (Å²) in [5, 5.41) is 3.48. The molecular formula is C12H24N2O2S. The maximum atomic E-state index is 11.6. The van der Waals surface area contributed by atoms with Gasteiger partial charge >= 0.3 is 0 Å². The maximum absolute atomic E-state index is 11.6. The molecule has 2 aliphatic rings. The van der Waals surface area contributed by atoms with E-state index in [0.717, 1.165) is 25.9 Å². The van der Waals surface area contributed by atoms with E-state index in [0.29, 0.717) is 17.5 Å². The molecule has 2 atom stereocenters. The van der Waals surface area contributed by atoms with Crippen LogP contribution in [-0.4, -0.2) is 55.5 Å². The molecule has 0 amide bonds. The number of rotatable bonds is 1. The molecule has 2 fully saturated rings. The molecule has 4 nitrogen and oxygen atoms in total. The summed E-state index contributed by atoms with van der Waals surface area (Å²) in [6.45, 7) is 8.62. The lowest BCUT2D eigenvalue weighted by atomic mass is 9.96. The van der Waals surface area contributed by atoms with E-state index in [1.165, 1.54) is 0 Å². The van der Waals surface area contributed by atoms with Crippen molar-refractivity contribution in [2.24, 2.45) is 0 Å². The van der Waals surface area contributed by atoms with Crippen LogP contribution >= 0.6 is 0 Å². The Labute approximate surface area is 105 Å². The van der Waals surface area contributed by atoms with Crippen molar-refractivity contribution < 1.29 is 8.42 Å². The molecule has 0 spiro atoms. The molecule has 100 valence electrons. The van der Waals surface area contributed by atoms with Crippen LogP contribution in [0.1, 0.15) is 33.6 Å². The Balaban J connectivity index is 2.16. The van der Waals surface area contributed by atoms with Crippen LogP contribution < -0.4 is 5.32 Å². The van der Waals surface area contributed by atoms with Gasteiger partial charge in [-0.05, 0) is 40.2 Å². The fraction of sp³-hybridized carbons (Fsp3) is 1.00. The van der Waals surface area contributed by atoms with E-state index in [9.17, 15) is 8.42 Å². The lowest BCUT2D eigenvalue weighted by Gasteiger charge is -2.41. The summed E-state index contributed by atoms with van der Waals surface area (Å²) in [7, 11) is -2.79. The normalized spacial score (nSPS) is 37.8. The first-order chi connectivity index (χ1) is 7.80. The molecule has 17 heavy (non-hydrogen) atoms. The molecule has 0 saturated carbocycles. The van der Waals surface area contributed by atoms with Gasteiger partial charge in [-0.1, -0.05) is 0 Å². The molecule has 2 saturated heterocycles. The van der Waals surface area contributed by atoms with E-state index >= 15 is 0 Å². The van der Waals surface area contributed by atoms with Gasteiger partial charge in [0, 0.05) is 24.2 Å². The third-order valence-corrected chi connectivity index (χ3v) is 5.88. The van der Waals surface area contributed by atoms with Crippen LogP contribution in [0.2, 0.25) is 0 Å². The molecule has 2 aliphatic heterocycles. The summed E-state index contributed by atoms with van der Waals surface area (Å²) in [6, 6.07) is 0.664. The molecule has 0 aromatic heterocycles. The van der Waals surface area contributed by atoms with Crippen molar-refractivity contribution in [1.82, 2.24) is 10.2 Å². The van der Waals surface area contributed by atoms with Gasteiger partial charge in [-0.2, -0.15) is 0 Å². The minimum Gasteiger partial charge on any atom is -0.313 e. The maximum Gasteiger partial charge on any atom is 0.151 e. The fourth-order valence-electron chi connectivity index (χ4n) is 3.04. The first-order valence-electron chi connectivity index (χ1n) is 6.51. The van der Waals surface area contributed by atoms with Gasteiger partial charge in [-0.25, -0.2) is 8.42 Å². The highest BCUT2D eigenvalue weighted by Gasteiger charge is 2.40. The van der Waals surface area contributed by atoms with Crippen LogP contribution in [0.5, 0.6) is 0 Å². The van der Waals surface area contributed by atoms with Crippen molar-refractivity contribution in [3.05, 3.63) is 0 Å². The van der Waals surface area contributed by atoms with Gasteiger partial charge in [0.2, 0.25) is 0 Å². The molecule has 2 unspecified atom stereocenters. The Kier molecular flexibility index (Phi) is 3.54. The summed E-state index contributed by atoms with van der Waals surface area (Å²) in [6.07, 6.45) is 1.88. The number of hydrogen-bond acceptors (Lipinski definition) is 4. The summed E-state index contributed by atoms with van der Waals surface area (Å²) in [4.78, 5) is 2.42. The Morgan fingerprint density at radius 1 is 1.35 bits per heavy atom. The first kappa shape index (κ1) is 13.3. The van der Waals surface area contributed by atoms with Gasteiger partial charge in [0.25, 0.3) is 0 Å². The Bertz CT molecular complexity index is 378. The van der Waals surface area contributed by atoms with E-state index in [-0.39, 0.29) is 11.6 Å². The van der Waals surface area contributed by atoms with E-state index in [1.807, 2.05) is 0 Å². The largest absolute Gasteiger partial charge is 0.313 e. The Morgan fingerprint density at radius 2 is 2.06 bits per heavy atom. The van der Waals surface area contributed by atoms with Crippen LogP contribution in [-0.2, 0) is 9.84 Å². The summed E-state index contributed by atoms with van der Waals surface area (Å²) in [5.41, 5.74) is 0.0995. The second kappa shape index (κ2) is 4.52. The van der Waals surface area contributed by atoms with E-state index in [4.69, 9.17) is 0 Å². The smallest absolute Gasteiger partial charge is 0.151 e. The van der Waals surface area contributed by atoms with Gasteiger partial charge in [0.15, 0.2) is 9.84 Å². The molecule has 0 aromatic rings. The average Bonchev–Trinajstić information content (AvgIpc) is 2.47. The van der Waals surface area contributed by atoms with Gasteiger partial charge in [-0.15, -0.1) is 0 Å². The lowest BCUT2D eigenvalue weighted by Crippen LogP contribution is -2.52. The zero-order valence-electron chi connectivity index (χ0n) is 11.1. The highest BCUT2D eigenvalue weighted by molar-refractivity contribution is 7.91. The lowest BCUT2D eigenvalue weighted by molar-refractivity contribution is 0.0803. The van der Waals surface area contributed by atoms with Crippen LogP contribution in [0.3, 0.4) is 0 Å². The molecule has 1 N–H and O–H groups in total. The number of sulfone groups is 1. The monoisotopic (exact) mass is 260 g/mol. The van der Waals surface area contributed by atoms with Crippen molar-refractivity contribution in [3.8, 4) is 0 Å². The molecule has 0 aromatic carbocycles. The van der Waals surface area contributed by atoms with Crippen LogP contribution in [0.25, 0.3) is 0 Å². The molecule has 2 rings (SSSR count). The minimum atomic E-state index is -2.79. The van der Waals surface area contributed by atoms with Gasteiger partial charge in [0.05, 0.1) is 11.5 Å². The van der Waals surface area contributed by atoms with Crippen molar-refractivity contribution in [2.45, 2.75) is 51.2 Å².